The first-order valence-corrected chi connectivity index (χ1v) is 8.34. The summed E-state index contributed by atoms with van der Waals surface area (Å²) >= 11 is 0. The molecule has 3 heterocycles. The fourth-order valence-electron chi connectivity index (χ4n) is 3.27. The molecule has 6 nitrogen and oxygen atoms in total. The van der Waals surface area contributed by atoms with Crippen LogP contribution in [0.3, 0.4) is 0 Å². The van der Waals surface area contributed by atoms with Crippen LogP contribution < -0.4 is 5.32 Å². The number of amides is 1. The molecule has 1 aliphatic heterocycles. The van der Waals surface area contributed by atoms with Crippen LogP contribution in [0.5, 0.6) is 0 Å². The molecule has 1 N–H and O–H groups in total. The van der Waals surface area contributed by atoms with Gasteiger partial charge < -0.3 is 9.73 Å². The highest BCUT2D eigenvalue weighted by Gasteiger charge is 2.30. The minimum Gasteiger partial charge on any atom is -0.468 e. The zero-order valence-corrected chi connectivity index (χ0v) is 13.1. The van der Waals surface area contributed by atoms with Crippen LogP contribution in [0, 0.1) is 5.92 Å². The number of carbonyl (C=O) groups is 1. The second-order valence-corrected chi connectivity index (χ2v) is 6.52. The van der Waals surface area contributed by atoms with Crippen molar-refractivity contribution in [2.24, 2.45) is 5.92 Å². The summed E-state index contributed by atoms with van der Waals surface area (Å²) < 4.78 is 7.58. The predicted octanol–water partition coefficient (Wildman–Crippen LogP) is 1.95. The molecular weight excluding hydrogens is 292 g/mol. The number of hydrogen-bond acceptors (Lipinski definition) is 4. The van der Waals surface area contributed by atoms with Gasteiger partial charge in [0.05, 0.1) is 24.5 Å². The van der Waals surface area contributed by atoms with Crippen LogP contribution in [0.4, 0.5) is 0 Å². The lowest BCUT2D eigenvalue weighted by Crippen LogP contribution is -2.39. The second kappa shape index (κ2) is 6.20. The van der Waals surface area contributed by atoms with E-state index >= 15 is 0 Å². The van der Waals surface area contributed by atoms with E-state index in [9.17, 15) is 4.79 Å². The van der Waals surface area contributed by atoms with Gasteiger partial charge in [0, 0.05) is 31.7 Å². The van der Waals surface area contributed by atoms with Crippen LogP contribution in [-0.4, -0.2) is 33.7 Å². The van der Waals surface area contributed by atoms with Crippen molar-refractivity contribution >= 4 is 5.91 Å². The first kappa shape index (κ1) is 14.5. The van der Waals surface area contributed by atoms with Crippen molar-refractivity contribution in [1.29, 1.82) is 0 Å². The van der Waals surface area contributed by atoms with Gasteiger partial charge in [-0.05, 0) is 37.5 Å². The Morgan fingerprint density at radius 2 is 2.30 bits per heavy atom. The van der Waals surface area contributed by atoms with Gasteiger partial charge in [0.25, 0.3) is 0 Å². The maximum Gasteiger partial charge on any atom is 0.223 e. The Hall–Kier alpha value is -2.08. The van der Waals surface area contributed by atoms with Gasteiger partial charge in [-0.2, -0.15) is 5.10 Å². The van der Waals surface area contributed by atoms with E-state index in [4.69, 9.17) is 4.42 Å². The molecule has 0 aromatic carbocycles. The van der Waals surface area contributed by atoms with Crippen molar-refractivity contribution in [3.8, 4) is 0 Å². The average molecular weight is 314 g/mol. The molecule has 4 rings (SSSR count). The summed E-state index contributed by atoms with van der Waals surface area (Å²) in [5.41, 5.74) is 1.22. The van der Waals surface area contributed by atoms with Gasteiger partial charge in [-0.15, -0.1) is 0 Å². The number of carbonyl (C=O) groups excluding carboxylic acids is 1. The molecule has 1 aliphatic carbocycles. The van der Waals surface area contributed by atoms with E-state index in [2.05, 4.69) is 26.1 Å². The normalized spacial score (nSPS) is 21.1. The molecule has 2 aliphatic rings. The minimum atomic E-state index is 0.217. The van der Waals surface area contributed by atoms with Gasteiger partial charge in [0.1, 0.15) is 5.76 Å². The third-order valence-corrected chi connectivity index (χ3v) is 4.64. The molecule has 0 bridgehead atoms. The van der Waals surface area contributed by atoms with Crippen molar-refractivity contribution in [1.82, 2.24) is 20.0 Å². The Bertz CT molecular complexity index is 660. The maximum absolute atomic E-state index is 11.8. The molecule has 23 heavy (non-hydrogen) atoms. The summed E-state index contributed by atoms with van der Waals surface area (Å²) in [5, 5.41) is 7.53. The quantitative estimate of drug-likeness (QED) is 0.885. The predicted molar refractivity (Wildman–Crippen MR) is 84.4 cm³/mol. The molecule has 2 aromatic rings. The van der Waals surface area contributed by atoms with E-state index in [0.717, 1.165) is 44.7 Å². The van der Waals surface area contributed by atoms with Crippen LogP contribution in [0.25, 0.3) is 0 Å². The standard InChI is InChI=1S/C17H22N4O2/c22-17(13-3-4-13)18-7-5-14-10-20(12-16-2-1-9-23-16)11-15-6-8-19-21(14)15/h1-2,6,8-9,13-14H,3-5,7,10-12H2,(H,18,22). The molecule has 2 aromatic heterocycles. The largest absolute Gasteiger partial charge is 0.468 e. The molecule has 122 valence electrons. The molecule has 6 heteroatoms. The van der Waals surface area contributed by atoms with Crippen LogP contribution in [0.2, 0.25) is 0 Å². The first-order chi connectivity index (χ1) is 11.3. The second-order valence-electron chi connectivity index (χ2n) is 6.52. The molecular formula is C17H22N4O2. The number of aromatic nitrogens is 2. The molecule has 0 spiro atoms. The zero-order valence-electron chi connectivity index (χ0n) is 13.1. The van der Waals surface area contributed by atoms with Crippen LogP contribution in [0.1, 0.15) is 36.8 Å². The first-order valence-electron chi connectivity index (χ1n) is 8.34. The Kier molecular flexibility index (Phi) is 3.91. The lowest BCUT2D eigenvalue weighted by Gasteiger charge is -2.33. The Labute approximate surface area is 135 Å². The number of rotatable bonds is 6. The number of nitrogens with one attached hydrogen (secondary N) is 1. The third-order valence-electron chi connectivity index (χ3n) is 4.64. The van der Waals surface area contributed by atoms with Gasteiger partial charge in [-0.25, -0.2) is 0 Å². The summed E-state index contributed by atoms with van der Waals surface area (Å²) in [5.74, 6) is 1.48. The molecule has 1 unspecified atom stereocenters. The summed E-state index contributed by atoms with van der Waals surface area (Å²) in [4.78, 5) is 14.1. The van der Waals surface area contributed by atoms with E-state index in [0.29, 0.717) is 12.6 Å². The maximum atomic E-state index is 11.8. The van der Waals surface area contributed by atoms with Gasteiger partial charge in [0.15, 0.2) is 0 Å². The zero-order chi connectivity index (χ0) is 15.6. The fraction of sp³-hybridized carbons (Fsp3) is 0.529. The van der Waals surface area contributed by atoms with Crippen LogP contribution >= 0.6 is 0 Å². The van der Waals surface area contributed by atoms with Crippen molar-refractivity contribution in [3.63, 3.8) is 0 Å². The van der Waals surface area contributed by atoms with E-state index < -0.39 is 0 Å². The fourth-order valence-corrected chi connectivity index (χ4v) is 3.27. The van der Waals surface area contributed by atoms with Crippen molar-refractivity contribution in [2.75, 3.05) is 13.1 Å². The Balaban J connectivity index is 1.37. The highest BCUT2D eigenvalue weighted by atomic mass is 16.3. The van der Waals surface area contributed by atoms with Gasteiger partial charge in [-0.1, -0.05) is 0 Å². The lowest BCUT2D eigenvalue weighted by molar-refractivity contribution is -0.122. The lowest BCUT2D eigenvalue weighted by atomic mass is 10.1. The minimum absolute atomic E-state index is 0.217. The monoisotopic (exact) mass is 314 g/mol. The number of fused-ring (bicyclic) bond motifs is 1. The van der Waals surface area contributed by atoms with E-state index in [1.54, 1.807) is 6.26 Å². The van der Waals surface area contributed by atoms with Gasteiger partial charge in [0.2, 0.25) is 5.91 Å². The highest BCUT2D eigenvalue weighted by Crippen LogP contribution is 2.29. The molecule has 1 saturated carbocycles. The Morgan fingerprint density at radius 1 is 1.39 bits per heavy atom. The molecule has 0 saturated heterocycles. The van der Waals surface area contributed by atoms with Crippen molar-refractivity contribution in [2.45, 2.75) is 38.4 Å². The van der Waals surface area contributed by atoms with Gasteiger partial charge in [-0.3, -0.25) is 14.4 Å². The summed E-state index contributed by atoms with van der Waals surface area (Å²) in [6.07, 6.45) is 6.59. The smallest absolute Gasteiger partial charge is 0.223 e. The molecule has 1 amide bonds. The summed E-state index contributed by atoms with van der Waals surface area (Å²) in [7, 11) is 0. The van der Waals surface area contributed by atoms with Crippen molar-refractivity contribution in [3.05, 3.63) is 42.1 Å². The SMILES string of the molecule is O=C(NCCC1CN(Cc2ccco2)Cc2ccnn21)C1CC1. The summed E-state index contributed by atoms with van der Waals surface area (Å²) in [6.45, 7) is 3.33. The molecule has 1 atom stereocenters. The number of hydrogen-bond donors (Lipinski definition) is 1. The number of furan rings is 1. The van der Waals surface area contributed by atoms with Gasteiger partial charge >= 0.3 is 0 Å². The van der Waals surface area contributed by atoms with E-state index in [1.807, 2.05) is 18.3 Å². The summed E-state index contributed by atoms with van der Waals surface area (Å²) in [6, 6.07) is 6.30. The molecule has 1 fully saturated rings. The van der Waals surface area contributed by atoms with E-state index in [1.165, 1.54) is 5.69 Å². The highest BCUT2D eigenvalue weighted by molar-refractivity contribution is 5.80. The Morgan fingerprint density at radius 3 is 3.09 bits per heavy atom. The van der Waals surface area contributed by atoms with Crippen LogP contribution in [-0.2, 0) is 17.9 Å². The molecule has 0 radical (unpaired) electrons. The third kappa shape index (κ3) is 3.32. The number of nitrogens with zero attached hydrogens (tertiary/aromatic N) is 3. The van der Waals surface area contributed by atoms with Crippen LogP contribution in [0.15, 0.2) is 35.1 Å². The van der Waals surface area contributed by atoms with E-state index in [-0.39, 0.29) is 11.8 Å². The topological polar surface area (TPSA) is 63.3 Å². The average Bonchev–Trinajstić information content (AvgIpc) is 3.07. The van der Waals surface area contributed by atoms with Crippen molar-refractivity contribution < 1.29 is 9.21 Å².